The quantitative estimate of drug-likeness (QED) is 0.195. The lowest BCUT2D eigenvalue weighted by Gasteiger charge is -2.52. The molecule has 2 aromatic rings. The Labute approximate surface area is 273 Å². The van der Waals surface area contributed by atoms with Gasteiger partial charge in [0.2, 0.25) is 0 Å². The predicted molar refractivity (Wildman–Crippen MR) is 168 cm³/mol. The van der Waals surface area contributed by atoms with Crippen molar-refractivity contribution in [3.63, 3.8) is 0 Å². The summed E-state index contributed by atoms with van der Waals surface area (Å²) in [4.78, 5) is 0. The van der Waals surface area contributed by atoms with Gasteiger partial charge in [-0.05, 0) is 164 Å². The van der Waals surface area contributed by atoms with Crippen LogP contribution in [0.25, 0.3) is 0 Å². The fourth-order valence-corrected chi connectivity index (χ4v) is 9.11. The van der Waals surface area contributed by atoms with E-state index in [1.165, 1.54) is 0 Å². The van der Waals surface area contributed by atoms with Crippen molar-refractivity contribution in [1.82, 2.24) is 0 Å². The van der Waals surface area contributed by atoms with Gasteiger partial charge in [-0.1, -0.05) is 13.8 Å². The molecule has 0 aliphatic carbocycles. The van der Waals surface area contributed by atoms with Gasteiger partial charge in [-0.2, -0.15) is 0 Å². The van der Waals surface area contributed by atoms with Crippen LogP contribution in [-0.2, 0) is 14.2 Å². The summed E-state index contributed by atoms with van der Waals surface area (Å²) in [5, 5.41) is 0. The highest BCUT2D eigenvalue weighted by molar-refractivity contribution is 9.15. The van der Waals surface area contributed by atoms with Crippen molar-refractivity contribution in [2.24, 2.45) is 10.8 Å². The first-order valence-electron chi connectivity index (χ1n) is 11.0. The maximum atomic E-state index is 7.35. The Morgan fingerprint density at radius 3 is 1.23 bits per heavy atom. The van der Waals surface area contributed by atoms with Crippen LogP contribution in [0.2, 0.25) is 0 Å². The summed E-state index contributed by atoms with van der Waals surface area (Å²) in [7, 11) is 0. The first-order valence-corrected chi connectivity index (χ1v) is 17.3. The van der Waals surface area contributed by atoms with E-state index in [0.717, 1.165) is 59.8 Å². The van der Waals surface area contributed by atoms with Gasteiger partial charge in [-0.15, -0.1) is 0 Å². The van der Waals surface area contributed by atoms with Crippen LogP contribution >= 0.6 is 127 Å². The topological polar surface area (TPSA) is 27.7 Å². The molecule has 0 aromatic heterocycles. The summed E-state index contributed by atoms with van der Waals surface area (Å²) < 4.78 is 26.6. The molecular formula is C24H22Br8O3. The normalized spacial score (nSPS) is 20.2. The van der Waals surface area contributed by atoms with E-state index in [1.54, 1.807) is 0 Å². The van der Waals surface area contributed by atoms with Crippen molar-refractivity contribution in [1.29, 1.82) is 0 Å². The van der Waals surface area contributed by atoms with Gasteiger partial charge < -0.3 is 14.2 Å². The molecule has 2 aliphatic rings. The lowest BCUT2D eigenvalue weighted by molar-refractivity contribution is -0.255. The van der Waals surface area contributed by atoms with E-state index >= 15 is 0 Å². The molecule has 4 rings (SSSR count). The summed E-state index contributed by atoms with van der Waals surface area (Å²) in [6, 6.07) is 4.30. The molecule has 2 aromatic carbocycles. The van der Waals surface area contributed by atoms with E-state index in [1.807, 2.05) is 0 Å². The van der Waals surface area contributed by atoms with Gasteiger partial charge in [0.1, 0.15) is 0 Å². The molecule has 192 valence electrons. The highest BCUT2D eigenvalue weighted by Gasteiger charge is 2.53. The lowest BCUT2D eigenvalue weighted by Crippen LogP contribution is -2.52. The second kappa shape index (κ2) is 12.0. The van der Waals surface area contributed by atoms with Crippen LogP contribution in [0.5, 0.6) is 0 Å². The average Bonchev–Trinajstić information content (AvgIpc) is 2.78. The Hall–Kier alpha value is 2.16. The highest BCUT2D eigenvalue weighted by atomic mass is 79.9. The maximum Gasteiger partial charge on any atom is 0.0945 e. The van der Waals surface area contributed by atoms with E-state index in [4.69, 9.17) is 14.2 Å². The average molecular weight is 998 g/mol. The first-order chi connectivity index (χ1) is 16.5. The van der Waals surface area contributed by atoms with Crippen molar-refractivity contribution in [3.8, 4) is 0 Å². The maximum absolute atomic E-state index is 7.35. The third-order valence-corrected chi connectivity index (χ3v) is 16.6. The van der Waals surface area contributed by atoms with Gasteiger partial charge in [0.25, 0.3) is 0 Å². The van der Waals surface area contributed by atoms with Gasteiger partial charge in [-0.25, -0.2) is 0 Å². The zero-order valence-electron chi connectivity index (χ0n) is 18.8. The standard InChI is InChI=1S/C24H22Br8O3/c1-3-23(7-33-8-23)21(11-5-13(25)17(29)19(31)15(11)27)35-22(24(4-2)9-34-10-24)12-6-14(26)18(30)20(32)16(12)28/h5-6,21-22H,3-4,7-10H2,1-2H3. The van der Waals surface area contributed by atoms with Crippen molar-refractivity contribution in [3.05, 3.63) is 59.0 Å². The number of halogens is 8. The zero-order chi connectivity index (χ0) is 25.7. The Morgan fingerprint density at radius 2 is 0.971 bits per heavy atom. The van der Waals surface area contributed by atoms with Gasteiger partial charge in [-0.3, -0.25) is 0 Å². The minimum atomic E-state index is -0.210. The number of benzene rings is 2. The first kappa shape index (κ1) is 30.1. The molecule has 2 heterocycles. The SMILES string of the molecule is CCC1(C(OC(c2cc(Br)c(Br)c(Br)c2Br)C2(CC)COC2)c2cc(Br)c(Br)c(Br)c2Br)COC1. The molecule has 3 nitrogen and oxygen atoms in total. The van der Waals surface area contributed by atoms with Crippen LogP contribution < -0.4 is 0 Å². The third kappa shape index (κ3) is 5.43. The number of hydrogen-bond acceptors (Lipinski definition) is 3. The fourth-order valence-electron chi connectivity index (χ4n) is 4.61. The molecule has 0 spiro atoms. The smallest absolute Gasteiger partial charge is 0.0945 e. The Morgan fingerprint density at radius 1 is 0.629 bits per heavy atom. The Balaban J connectivity index is 1.91. The highest BCUT2D eigenvalue weighted by Crippen LogP contribution is 2.57. The van der Waals surface area contributed by atoms with E-state index in [2.05, 4.69) is 153 Å². The summed E-state index contributed by atoms with van der Waals surface area (Å²) in [6.07, 6.45) is 1.45. The lowest BCUT2D eigenvalue weighted by atomic mass is 9.72. The Kier molecular flexibility index (Phi) is 10.3. The van der Waals surface area contributed by atoms with Crippen molar-refractivity contribution in [2.75, 3.05) is 26.4 Å². The van der Waals surface area contributed by atoms with E-state index in [0.29, 0.717) is 26.4 Å². The summed E-state index contributed by atoms with van der Waals surface area (Å²) >= 11 is 30.0. The summed E-state index contributed by atoms with van der Waals surface area (Å²) in [5.41, 5.74) is 1.90. The van der Waals surface area contributed by atoms with Crippen molar-refractivity contribution in [2.45, 2.75) is 38.9 Å². The molecular weight excluding hydrogens is 975 g/mol. The molecule has 11 heteroatoms. The molecule has 2 atom stereocenters. The molecule has 0 saturated carbocycles. The van der Waals surface area contributed by atoms with Gasteiger partial charge in [0, 0.05) is 46.6 Å². The number of rotatable bonds is 8. The molecule has 2 aliphatic heterocycles. The van der Waals surface area contributed by atoms with Crippen molar-refractivity contribution < 1.29 is 14.2 Å². The van der Waals surface area contributed by atoms with Gasteiger partial charge >= 0.3 is 0 Å². The zero-order valence-corrected chi connectivity index (χ0v) is 31.5. The molecule has 0 N–H and O–H groups in total. The molecule has 0 amide bonds. The monoisotopic (exact) mass is 990 g/mol. The minimum Gasteiger partial charge on any atom is -0.380 e. The van der Waals surface area contributed by atoms with Crippen LogP contribution in [0.1, 0.15) is 50.0 Å². The largest absolute Gasteiger partial charge is 0.380 e. The molecule has 0 radical (unpaired) electrons. The second-order valence-electron chi connectivity index (χ2n) is 9.09. The van der Waals surface area contributed by atoms with Crippen molar-refractivity contribution >= 4 is 127 Å². The third-order valence-electron chi connectivity index (χ3n) is 7.18. The van der Waals surface area contributed by atoms with Gasteiger partial charge in [0.15, 0.2) is 0 Å². The molecule has 2 fully saturated rings. The van der Waals surface area contributed by atoms with Crippen LogP contribution in [-0.4, -0.2) is 26.4 Å². The molecule has 35 heavy (non-hydrogen) atoms. The second-order valence-corrected chi connectivity index (χ2v) is 15.6. The number of ether oxygens (including phenoxy) is 3. The Bertz CT molecular complexity index is 1030. The van der Waals surface area contributed by atoms with Crippen LogP contribution in [0, 0.1) is 10.8 Å². The fraction of sp³-hybridized carbons (Fsp3) is 0.500. The van der Waals surface area contributed by atoms with Crippen LogP contribution in [0.15, 0.2) is 47.9 Å². The number of hydrogen-bond donors (Lipinski definition) is 0. The predicted octanol–water partition coefficient (Wildman–Crippen LogP) is 11.4. The van der Waals surface area contributed by atoms with E-state index < -0.39 is 0 Å². The minimum absolute atomic E-state index is 0.136. The molecule has 0 bridgehead atoms. The molecule has 2 unspecified atom stereocenters. The summed E-state index contributed by atoms with van der Waals surface area (Å²) in [5.74, 6) is 0. The van der Waals surface area contributed by atoms with E-state index in [9.17, 15) is 0 Å². The van der Waals surface area contributed by atoms with Crippen LogP contribution in [0.4, 0.5) is 0 Å². The van der Waals surface area contributed by atoms with Gasteiger partial charge in [0.05, 0.1) is 38.6 Å². The van der Waals surface area contributed by atoms with Crippen LogP contribution in [0.3, 0.4) is 0 Å². The summed E-state index contributed by atoms with van der Waals surface area (Å²) in [6.45, 7) is 7.06. The van der Waals surface area contributed by atoms with E-state index in [-0.39, 0.29) is 23.0 Å². The molecule has 2 saturated heterocycles.